The quantitative estimate of drug-likeness (QED) is 0.120. The Labute approximate surface area is 229 Å². The summed E-state index contributed by atoms with van der Waals surface area (Å²) in [4.78, 5) is 25.1. The molecule has 0 radical (unpaired) electrons. The van der Waals surface area contributed by atoms with Gasteiger partial charge in [0.05, 0.1) is 24.3 Å². The van der Waals surface area contributed by atoms with Crippen LogP contribution in [0.3, 0.4) is 0 Å². The van der Waals surface area contributed by atoms with E-state index in [2.05, 4.69) is 6.92 Å². The molecule has 0 aliphatic heterocycles. The maximum atomic E-state index is 13.7. The first-order valence-corrected chi connectivity index (χ1v) is 14.8. The first-order valence-electron chi connectivity index (χ1n) is 14.8. The molecule has 0 fully saturated rings. The van der Waals surface area contributed by atoms with E-state index in [9.17, 15) is 14.0 Å². The monoisotopic (exact) mass is 526 g/mol. The summed E-state index contributed by atoms with van der Waals surface area (Å²) in [5.74, 6) is -1.45. The molecule has 0 heterocycles. The first kappa shape index (κ1) is 31.5. The number of halogens is 1. The second-order valence-electron chi connectivity index (χ2n) is 10.1. The van der Waals surface area contributed by atoms with Crippen molar-refractivity contribution in [2.75, 3.05) is 13.2 Å². The average molecular weight is 527 g/mol. The third-order valence-corrected chi connectivity index (χ3v) is 6.91. The van der Waals surface area contributed by atoms with Crippen molar-refractivity contribution in [1.82, 2.24) is 0 Å². The predicted molar refractivity (Wildman–Crippen MR) is 152 cm³/mol. The lowest BCUT2D eigenvalue weighted by molar-refractivity contribution is 0.0455. The van der Waals surface area contributed by atoms with Crippen LogP contribution in [0, 0.1) is 5.82 Å². The molecule has 210 valence electrons. The minimum atomic E-state index is -0.610. The molecule has 0 aromatic heterocycles. The lowest BCUT2D eigenvalue weighted by Crippen LogP contribution is -2.15. The highest BCUT2D eigenvalue weighted by atomic mass is 19.1. The number of carbonyl (C=O) groups excluding carboxylic acids is 2. The van der Waals surface area contributed by atoms with Crippen LogP contribution in [0.2, 0.25) is 0 Å². The third kappa shape index (κ3) is 13.2. The van der Waals surface area contributed by atoms with Gasteiger partial charge in [-0.1, -0.05) is 127 Å². The zero-order valence-corrected chi connectivity index (χ0v) is 23.4. The van der Waals surface area contributed by atoms with Gasteiger partial charge >= 0.3 is 11.9 Å². The zero-order valence-electron chi connectivity index (χ0n) is 23.4. The maximum Gasteiger partial charge on any atom is 0.339 e. The van der Waals surface area contributed by atoms with Crippen LogP contribution in [0.5, 0.6) is 0 Å². The van der Waals surface area contributed by atoms with Crippen molar-refractivity contribution in [1.29, 1.82) is 0 Å². The van der Waals surface area contributed by atoms with Crippen LogP contribution in [-0.4, -0.2) is 25.2 Å². The predicted octanol–water partition coefficient (Wildman–Crippen LogP) is 9.25. The molecule has 0 atom stereocenters. The Bertz CT molecular complexity index is 927. The molecule has 5 heteroatoms. The Hall–Kier alpha value is -2.69. The van der Waals surface area contributed by atoms with Crippen LogP contribution in [0.1, 0.15) is 130 Å². The highest BCUT2D eigenvalue weighted by molar-refractivity contribution is 6.03. The second kappa shape index (κ2) is 20.3. The molecule has 2 aromatic carbocycles. The number of hydrogen-bond donors (Lipinski definition) is 0. The van der Waals surface area contributed by atoms with E-state index in [1.807, 2.05) is 0 Å². The largest absolute Gasteiger partial charge is 0.462 e. The lowest BCUT2D eigenvalue weighted by atomic mass is 10.0. The van der Waals surface area contributed by atoms with E-state index in [1.54, 1.807) is 42.5 Å². The molecule has 38 heavy (non-hydrogen) atoms. The van der Waals surface area contributed by atoms with Crippen LogP contribution >= 0.6 is 0 Å². The van der Waals surface area contributed by atoms with Crippen molar-refractivity contribution >= 4 is 11.9 Å². The fraction of sp³-hybridized carbons (Fsp3) is 0.576. The van der Waals surface area contributed by atoms with Gasteiger partial charge in [0.2, 0.25) is 0 Å². The van der Waals surface area contributed by atoms with E-state index in [-0.39, 0.29) is 30.0 Å². The highest BCUT2D eigenvalue weighted by Gasteiger charge is 2.19. The Morgan fingerprint density at radius 2 is 1.00 bits per heavy atom. The molecule has 0 saturated heterocycles. The number of hydrogen-bond acceptors (Lipinski definition) is 4. The van der Waals surface area contributed by atoms with E-state index in [0.29, 0.717) is 12.2 Å². The Morgan fingerprint density at radius 3 is 1.50 bits per heavy atom. The fourth-order valence-electron chi connectivity index (χ4n) is 4.59. The molecule has 2 aromatic rings. The topological polar surface area (TPSA) is 52.6 Å². The molecule has 4 nitrogen and oxygen atoms in total. The molecular weight excluding hydrogens is 479 g/mol. The third-order valence-electron chi connectivity index (χ3n) is 6.91. The summed E-state index contributed by atoms with van der Waals surface area (Å²) in [5.41, 5.74) is 0.850. The number of unbranched alkanes of at least 4 members (excludes halogenated alkanes) is 14. The van der Waals surface area contributed by atoms with Crippen molar-refractivity contribution in [2.45, 2.75) is 110 Å². The molecule has 0 amide bonds. The zero-order chi connectivity index (χ0) is 27.3. The van der Waals surface area contributed by atoms with E-state index in [0.717, 1.165) is 19.3 Å². The van der Waals surface area contributed by atoms with Crippen molar-refractivity contribution in [3.63, 3.8) is 0 Å². The molecular formula is C33H47FO4. The summed E-state index contributed by atoms with van der Waals surface area (Å²) in [6, 6.07) is 12.9. The number of benzene rings is 2. The van der Waals surface area contributed by atoms with E-state index in [4.69, 9.17) is 9.47 Å². The van der Waals surface area contributed by atoms with E-state index >= 15 is 0 Å². The van der Waals surface area contributed by atoms with Crippen molar-refractivity contribution in [3.05, 3.63) is 71.0 Å². The van der Waals surface area contributed by atoms with Crippen LogP contribution in [-0.2, 0) is 15.9 Å². The molecule has 0 saturated carbocycles. The van der Waals surface area contributed by atoms with Gasteiger partial charge in [-0.2, -0.15) is 0 Å². The summed E-state index contributed by atoms with van der Waals surface area (Å²) in [5, 5.41) is 0. The summed E-state index contributed by atoms with van der Waals surface area (Å²) in [7, 11) is 0. The van der Waals surface area contributed by atoms with Crippen LogP contribution in [0.25, 0.3) is 0 Å². The SMILES string of the molecule is CCCCCCCCCCCCCCCCCOC(=O)c1ccccc1C(=O)OCCc1ccccc1F. The molecule has 0 bridgehead atoms. The van der Waals surface area contributed by atoms with Gasteiger partial charge in [-0.25, -0.2) is 14.0 Å². The Morgan fingerprint density at radius 1 is 0.579 bits per heavy atom. The van der Waals surface area contributed by atoms with Crippen molar-refractivity contribution in [2.24, 2.45) is 0 Å². The van der Waals surface area contributed by atoms with Gasteiger partial charge in [0.25, 0.3) is 0 Å². The van der Waals surface area contributed by atoms with E-state index in [1.165, 1.54) is 83.1 Å². The van der Waals surface area contributed by atoms with Gasteiger partial charge in [-0.05, 0) is 30.2 Å². The number of rotatable bonds is 21. The normalized spacial score (nSPS) is 10.9. The highest BCUT2D eigenvalue weighted by Crippen LogP contribution is 2.15. The number of ether oxygens (including phenoxy) is 2. The standard InChI is InChI=1S/C33H47FO4/c1-2-3-4-5-6-7-8-9-10-11-12-13-14-15-20-26-37-32(35)29-22-17-18-23-30(29)33(36)38-27-25-28-21-16-19-24-31(28)34/h16-19,21-24H,2-15,20,25-27H2,1H3. The maximum absolute atomic E-state index is 13.7. The second-order valence-corrected chi connectivity index (χ2v) is 10.1. The first-order chi connectivity index (χ1) is 18.6. The molecule has 0 N–H and O–H groups in total. The van der Waals surface area contributed by atoms with Crippen molar-refractivity contribution in [3.8, 4) is 0 Å². The number of carbonyl (C=O) groups is 2. The molecule has 0 unspecified atom stereocenters. The van der Waals surface area contributed by atoms with Gasteiger partial charge in [0.1, 0.15) is 5.82 Å². The fourth-order valence-corrected chi connectivity index (χ4v) is 4.59. The summed E-state index contributed by atoms with van der Waals surface area (Å²) in [6.07, 6.45) is 19.5. The van der Waals surface area contributed by atoms with Crippen LogP contribution in [0.4, 0.5) is 4.39 Å². The smallest absolute Gasteiger partial charge is 0.339 e. The molecule has 0 aliphatic carbocycles. The molecule has 0 spiro atoms. The van der Waals surface area contributed by atoms with Crippen LogP contribution in [0.15, 0.2) is 48.5 Å². The van der Waals surface area contributed by atoms with Gasteiger partial charge in [0.15, 0.2) is 0 Å². The minimum Gasteiger partial charge on any atom is -0.462 e. The lowest BCUT2D eigenvalue weighted by Gasteiger charge is -2.10. The van der Waals surface area contributed by atoms with Gasteiger partial charge in [-0.3, -0.25) is 0 Å². The summed E-state index contributed by atoms with van der Waals surface area (Å²) >= 11 is 0. The Kier molecular flexibility index (Phi) is 16.8. The van der Waals surface area contributed by atoms with Gasteiger partial charge < -0.3 is 9.47 Å². The van der Waals surface area contributed by atoms with Crippen LogP contribution < -0.4 is 0 Å². The van der Waals surface area contributed by atoms with E-state index < -0.39 is 11.9 Å². The van der Waals surface area contributed by atoms with Crippen molar-refractivity contribution < 1.29 is 23.5 Å². The average Bonchev–Trinajstić information content (AvgIpc) is 2.93. The van der Waals surface area contributed by atoms with Gasteiger partial charge in [0, 0.05) is 6.42 Å². The minimum absolute atomic E-state index is 0.0300. The summed E-state index contributed by atoms with van der Waals surface area (Å²) in [6.45, 7) is 2.63. The summed E-state index contributed by atoms with van der Waals surface area (Å²) < 4.78 is 24.5. The number of esters is 2. The Balaban J connectivity index is 1.53. The van der Waals surface area contributed by atoms with Gasteiger partial charge in [-0.15, -0.1) is 0 Å². The molecule has 0 aliphatic rings. The molecule has 2 rings (SSSR count).